The van der Waals surface area contributed by atoms with E-state index >= 15 is 0 Å². The second-order valence-electron chi connectivity index (χ2n) is 5.32. The predicted octanol–water partition coefficient (Wildman–Crippen LogP) is 2.32. The van der Waals surface area contributed by atoms with Crippen molar-refractivity contribution in [2.75, 3.05) is 19.7 Å². The Kier molecular flexibility index (Phi) is 3.69. The van der Waals surface area contributed by atoms with Crippen LogP contribution in [0.2, 0.25) is 0 Å². The first-order valence-electron chi connectivity index (χ1n) is 6.93. The molecular weight excluding hydrogens is 242 g/mol. The molecule has 0 aromatic carbocycles. The second-order valence-corrected chi connectivity index (χ2v) is 5.32. The molecular formula is C15H19NO3. The summed E-state index contributed by atoms with van der Waals surface area (Å²) in [4.78, 5) is 13.8. The van der Waals surface area contributed by atoms with Crippen LogP contribution in [0.25, 0.3) is 6.08 Å². The van der Waals surface area contributed by atoms with E-state index in [4.69, 9.17) is 9.15 Å². The molecule has 1 aliphatic heterocycles. The third-order valence-corrected chi connectivity index (χ3v) is 3.65. The number of likely N-dealkylation sites (tertiary alicyclic amines) is 1. The number of carbonyl (C=O) groups excluding carboxylic acids is 1. The van der Waals surface area contributed by atoms with E-state index in [1.54, 1.807) is 18.4 Å². The summed E-state index contributed by atoms with van der Waals surface area (Å²) in [6.07, 6.45) is 8.67. The van der Waals surface area contributed by atoms with Gasteiger partial charge in [0.15, 0.2) is 0 Å². The summed E-state index contributed by atoms with van der Waals surface area (Å²) >= 11 is 0. The number of nitrogens with zero attached hydrogens (tertiary/aromatic N) is 1. The molecule has 2 aliphatic rings. The lowest BCUT2D eigenvalue weighted by atomic mass is 10.3. The standard InChI is InChI=1S/C15H19NO3/c17-15(6-5-13-2-1-9-18-13)16-8-7-14(10-16)19-11-12-3-4-12/h1-2,5-6,9,12,14H,3-4,7-8,10-11H2/b6-5+/t14-/m1/s1. The van der Waals surface area contributed by atoms with Crippen LogP contribution in [0.1, 0.15) is 25.0 Å². The van der Waals surface area contributed by atoms with Crippen LogP contribution in [0.5, 0.6) is 0 Å². The Labute approximate surface area is 113 Å². The van der Waals surface area contributed by atoms with Crippen LogP contribution in [0, 0.1) is 5.92 Å². The number of carbonyl (C=O) groups is 1. The summed E-state index contributed by atoms with van der Waals surface area (Å²) in [6, 6.07) is 3.64. The lowest BCUT2D eigenvalue weighted by Crippen LogP contribution is -2.28. The fourth-order valence-corrected chi connectivity index (χ4v) is 2.27. The first kappa shape index (κ1) is 12.5. The molecule has 1 amide bonds. The molecule has 0 spiro atoms. The number of rotatable bonds is 5. The number of furan rings is 1. The second kappa shape index (κ2) is 5.61. The van der Waals surface area contributed by atoms with Gasteiger partial charge in [-0.05, 0) is 43.4 Å². The van der Waals surface area contributed by atoms with Gasteiger partial charge in [0.2, 0.25) is 5.91 Å². The lowest BCUT2D eigenvalue weighted by Gasteiger charge is -2.14. The van der Waals surface area contributed by atoms with Crippen LogP contribution < -0.4 is 0 Å². The molecule has 1 saturated carbocycles. The number of hydrogen-bond acceptors (Lipinski definition) is 3. The van der Waals surface area contributed by atoms with Crippen LogP contribution >= 0.6 is 0 Å². The average Bonchev–Trinajstić information content (AvgIpc) is 2.94. The van der Waals surface area contributed by atoms with E-state index < -0.39 is 0 Å². The molecule has 4 heteroatoms. The Balaban J connectivity index is 1.45. The van der Waals surface area contributed by atoms with Gasteiger partial charge in [0.1, 0.15) is 5.76 Å². The molecule has 0 unspecified atom stereocenters. The maximum Gasteiger partial charge on any atom is 0.246 e. The molecule has 1 aliphatic carbocycles. The maximum atomic E-state index is 12.0. The summed E-state index contributed by atoms with van der Waals surface area (Å²) in [7, 11) is 0. The van der Waals surface area contributed by atoms with Crippen molar-refractivity contribution in [2.45, 2.75) is 25.4 Å². The van der Waals surface area contributed by atoms with Gasteiger partial charge in [-0.3, -0.25) is 4.79 Å². The summed E-state index contributed by atoms with van der Waals surface area (Å²) in [6.45, 7) is 2.37. The van der Waals surface area contributed by atoms with Gasteiger partial charge in [-0.1, -0.05) is 0 Å². The largest absolute Gasteiger partial charge is 0.465 e. The molecule has 0 radical (unpaired) electrons. The SMILES string of the molecule is O=C(/C=C/c1ccco1)N1CC[C@@H](OCC2CC2)C1. The van der Waals surface area contributed by atoms with Crippen LogP contribution in [-0.2, 0) is 9.53 Å². The maximum absolute atomic E-state index is 12.0. The minimum Gasteiger partial charge on any atom is -0.465 e. The first-order chi connectivity index (χ1) is 9.31. The van der Waals surface area contributed by atoms with Crippen molar-refractivity contribution < 1.29 is 13.9 Å². The minimum absolute atomic E-state index is 0.0360. The van der Waals surface area contributed by atoms with Gasteiger partial charge in [0.05, 0.1) is 12.4 Å². The van der Waals surface area contributed by atoms with Gasteiger partial charge in [-0.25, -0.2) is 0 Å². The summed E-state index contributed by atoms with van der Waals surface area (Å²) in [5.74, 6) is 1.52. The highest BCUT2D eigenvalue weighted by Gasteiger charge is 2.28. The van der Waals surface area contributed by atoms with Gasteiger partial charge in [0, 0.05) is 25.8 Å². The van der Waals surface area contributed by atoms with Crippen LogP contribution in [0.15, 0.2) is 28.9 Å². The summed E-state index contributed by atoms with van der Waals surface area (Å²) in [5.41, 5.74) is 0. The van der Waals surface area contributed by atoms with Crippen molar-refractivity contribution in [1.82, 2.24) is 4.90 Å². The number of ether oxygens (including phenoxy) is 1. The Morgan fingerprint density at radius 3 is 3.11 bits per heavy atom. The van der Waals surface area contributed by atoms with Crippen LogP contribution in [-0.4, -0.2) is 36.6 Å². The van der Waals surface area contributed by atoms with E-state index in [2.05, 4.69) is 0 Å². The van der Waals surface area contributed by atoms with Gasteiger partial charge >= 0.3 is 0 Å². The van der Waals surface area contributed by atoms with E-state index in [9.17, 15) is 4.79 Å². The Bertz CT molecular complexity index is 448. The Morgan fingerprint density at radius 1 is 1.47 bits per heavy atom. The Morgan fingerprint density at radius 2 is 2.37 bits per heavy atom. The van der Waals surface area contributed by atoms with Gasteiger partial charge < -0.3 is 14.1 Å². The molecule has 1 aromatic heterocycles. The molecule has 2 fully saturated rings. The molecule has 1 atom stereocenters. The van der Waals surface area contributed by atoms with Crippen molar-refractivity contribution in [2.24, 2.45) is 5.92 Å². The third-order valence-electron chi connectivity index (χ3n) is 3.65. The number of hydrogen-bond donors (Lipinski definition) is 0. The fraction of sp³-hybridized carbons (Fsp3) is 0.533. The summed E-state index contributed by atoms with van der Waals surface area (Å²) < 4.78 is 11.0. The van der Waals surface area contributed by atoms with Crippen molar-refractivity contribution in [3.05, 3.63) is 30.2 Å². The minimum atomic E-state index is 0.0360. The molecule has 0 bridgehead atoms. The van der Waals surface area contributed by atoms with E-state index in [1.807, 2.05) is 17.0 Å². The highest BCUT2D eigenvalue weighted by molar-refractivity contribution is 5.91. The topological polar surface area (TPSA) is 42.7 Å². The van der Waals surface area contributed by atoms with Crippen molar-refractivity contribution in [3.8, 4) is 0 Å². The molecule has 1 aromatic rings. The monoisotopic (exact) mass is 261 g/mol. The summed E-state index contributed by atoms with van der Waals surface area (Å²) in [5, 5.41) is 0. The highest BCUT2D eigenvalue weighted by Crippen LogP contribution is 2.30. The van der Waals surface area contributed by atoms with Gasteiger partial charge in [0.25, 0.3) is 0 Å². The molecule has 19 heavy (non-hydrogen) atoms. The fourth-order valence-electron chi connectivity index (χ4n) is 2.27. The van der Waals surface area contributed by atoms with Crippen LogP contribution in [0.4, 0.5) is 0 Å². The zero-order chi connectivity index (χ0) is 13.1. The van der Waals surface area contributed by atoms with E-state index in [-0.39, 0.29) is 12.0 Å². The van der Waals surface area contributed by atoms with Gasteiger partial charge in [-0.15, -0.1) is 0 Å². The molecule has 102 valence electrons. The van der Waals surface area contributed by atoms with Crippen LogP contribution in [0.3, 0.4) is 0 Å². The molecule has 0 N–H and O–H groups in total. The molecule has 3 rings (SSSR count). The lowest BCUT2D eigenvalue weighted by molar-refractivity contribution is -0.125. The van der Waals surface area contributed by atoms with E-state index in [0.717, 1.165) is 25.5 Å². The smallest absolute Gasteiger partial charge is 0.246 e. The molecule has 2 heterocycles. The zero-order valence-electron chi connectivity index (χ0n) is 11.0. The highest BCUT2D eigenvalue weighted by atomic mass is 16.5. The van der Waals surface area contributed by atoms with Crippen molar-refractivity contribution in [1.29, 1.82) is 0 Å². The molecule has 4 nitrogen and oxygen atoms in total. The first-order valence-corrected chi connectivity index (χ1v) is 6.93. The Hall–Kier alpha value is -1.55. The average molecular weight is 261 g/mol. The zero-order valence-corrected chi connectivity index (χ0v) is 11.0. The van der Waals surface area contributed by atoms with E-state index in [1.165, 1.54) is 12.8 Å². The van der Waals surface area contributed by atoms with Crippen molar-refractivity contribution >= 4 is 12.0 Å². The third kappa shape index (κ3) is 3.47. The quantitative estimate of drug-likeness (QED) is 0.764. The number of amides is 1. The van der Waals surface area contributed by atoms with E-state index in [0.29, 0.717) is 12.3 Å². The normalized spacial score (nSPS) is 23.4. The van der Waals surface area contributed by atoms with Crippen molar-refractivity contribution in [3.63, 3.8) is 0 Å². The predicted molar refractivity (Wildman–Crippen MR) is 71.4 cm³/mol. The molecule has 1 saturated heterocycles. The van der Waals surface area contributed by atoms with Gasteiger partial charge in [-0.2, -0.15) is 0 Å².